The number of carboxylic acids is 1. The zero-order valence-electron chi connectivity index (χ0n) is 8.57. The van der Waals surface area contributed by atoms with E-state index in [4.69, 9.17) is 0 Å². The summed E-state index contributed by atoms with van der Waals surface area (Å²) in [5.41, 5.74) is -0.00308. The van der Waals surface area contributed by atoms with Gasteiger partial charge in [-0.05, 0) is 31.4 Å². The standard InChI is InChI=1S/C12H15NO2/c14-11(15)12(8-4-5-9-13-12)10-6-2-1-3-7-10/h1-3,6-7,13H,4-5,8-9H2,(H,14,15)/t12-/m0/s1. The molecular weight excluding hydrogens is 190 g/mol. The second-order valence-electron chi connectivity index (χ2n) is 3.96. The van der Waals surface area contributed by atoms with Gasteiger partial charge in [0, 0.05) is 0 Å². The summed E-state index contributed by atoms with van der Waals surface area (Å²) >= 11 is 0. The van der Waals surface area contributed by atoms with Crippen LogP contribution in [0.4, 0.5) is 0 Å². The highest BCUT2D eigenvalue weighted by atomic mass is 16.4. The van der Waals surface area contributed by atoms with Crippen molar-refractivity contribution in [3.05, 3.63) is 35.9 Å². The maximum Gasteiger partial charge on any atom is 0.328 e. The van der Waals surface area contributed by atoms with Gasteiger partial charge in [-0.25, -0.2) is 4.79 Å². The van der Waals surface area contributed by atoms with Gasteiger partial charge >= 0.3 is 5.97 Å². The Bertz CT molecular complexity index is 342. The van der Waals surface area contributed by atoms with E-state index >= 15 is 0 Å². The number of benzene rings is 1. The highest BCUT2D eigenvalue weighted by molar-refractivity contribution is 5.80. The summed E-state index contributed by atoms with van der Waals surface area (Å²) in [6.45, 7) is 0.779. The molecule has 3 nitrogen and oxygen atoms in total. The van der Waals surface area contributed by atoms with E-state index < -0.39 is 11.5 Å². The zero-order valence-corrected chi connectivity index (χ0v) is 8.57. The molecule has 15 heavy (non-hydrogen) atoms. The van der Waals surface area contributed by atoms with Crippen LogP contribution < -0.4 is 5.32 Å². The monoisotopic (exact) mass is 205 g/mol. The molecule has 0 aliphatic carbocycles. The van der Waals surface area contributed by atoms with Crippen LogP contribution in [0.5, 0.6) is 0 Å². The lowest BCUT2D eigenvalue weighted by molar-refractivity contribution is -0.146. The third-order valence-corrected chi connectivity index (χ3v) is 3.04. The Morgan fingerprint density at radius 1 is 1.27 bits per heavy atom. The lowest BCUT2D eigenvalue weighted by atomic mass is 9.82. The predicted molar refractivity (Wildman–Crippen MR) is 57.6 cm³/mol. The molecule has 3 heteroatoms. The second kappa shape index (κ2) is 4.03. The van der Waals surface area contributed by atoms with Crippen LogP contribution in [0.15, 0.2) is 30.3 Å². The van der Waals surface area contributed by atoms with E-state index in [0.717, 1.165) is 24.9 Å². The number of piperidine rings is 1. The maximum atomic E-state index is 11.4. The predicted octanol–water partition coefficient (Wildman–Crippen LogP) is 1.74. The summed E-state index contributed by atoms with van der Waals surface area (Å²) < 4.78 is 0. The van der Waals surface area contributed by atoms with Crippen LogP contribution in [0.25, 0.3) is 0 Å². The first-order valence-corrected chi connectivity index (χ1v) is 5.30. The topological polar surface area (TPSA) is 49.3 Å². The minimum Gasteiger partial charge on any atom is -0.480 e. The van der Waals surface area contributed by atoms with Gasteiger partial charge in [0.05, 0.1) is 0 Å². The van der Waals surface area contributed by atoms with Gasteiger partial charge in [-0.15, -0.1) is 0 Å². The molecule has 0 unspecified atom stereocenters. The Morgan fingerprint density at radius 3 is 2.53 bits per heavy atom. The van der Waals surface area contributed by atoms with Gasteiger partial charge < -0.3 is 5.11 Å². The Morgan fingerprint density at radius 2 is 2.00 bits per heavy atom. The van der Waals surface area contributed by atoms with Crippen LogP contribution in [0.3, 0.4) is 0 Å². The number of hydrogen-bond donors (Lipinski definition) is 2. The Hall–Kier alpha value is -1.35. The van der Waals surface area contributed by atoms with Crippen molar-refractivity contribution in [1.29, 1.82) is 0 Å². The first-order valence-electron chi connectivity index (χ1n) is 5.30. The van der Waals surface area contributed by atoms with E-state index in [1.807, 2.05) is 30.3 Å². The van der Waals surface area contributed by atoms with Gasteiger partial charge in [0.1, 0.15) is 5.54 Å². The summed E-state index contributed by atoms with van der Waals surface area (Å²) in [5, 5.41) is 12.5. The fourth-order valence-electron chi connectivity index (χ4n) is 2.18. The van der Waals surface area contributed by atoms with Crippen molar-refractivity contribution < 1.29 is 9.90 Å². The lowest BCUT2D eigenvalue weighted by Crippen LogP contribution is -2.51. The first kappa shape index (κ1) is 10.2. The van der Waals surface area contributed by atoms with E-state index in [1.165, 1.54) is 0 Å². The molecule has 0 spiro atoms. The molecule has 0 saturated carbocycles. The number of nitrogens with one attached hydrogen (secondary N) is 1. The molecule has 1 atom stereocenters. The third kappa shape index (κ3) is 1.75. The van der Waals surface area contributed by atoms with E-state index in [1.54, 1.807) is 0 Å². The summed E-state index contributed by atoms with van der Waals surface area (Å²) in [7, 11) is 0. The highest BCUT2D eigenvalue weighted by Crippen LogP contribution is 2.30. The zero-order chi connectivity index (χ0) is 10.7. The minimum absolute atomic E-state index is 0.673. The Kier molecular flexibility index (Phi) is 2.73. The summed E-state index contributed by atoms with van der Waals surface area (Å²) in [6, 6.07) is 9.44. The van der Waals surface area contributed by atoms with E-state index in [-0.39, 0.29) is 0 Å². The van der Waals surface area contributed by atoms with Crippen molar-refractivity contribution >= 4 is 5.97 Å². The second-order valence-corrected chi connectivity index (χ2v) is 3.96. The van der Waals surface area contributed by atoms with Crippen molar-refractivity contribution in [3.63, 3.8) is 0 Å². The first-order chi connectivity index (χ1) is 7.26. The molecule has 2 rings (SSSR count). The fraction of sp³-hybridized carbons (Fsp3) is 0.417. The van der Waals surface area contributed by atoms with Crippen molar-refractivity contribution in [3.8, 4) is 0 Å². The molecule has 1 aromatic carbocycles. The van der Waals surface area contributed by atoms with Crippen LogP contribution in [0.2, 0.25) is 0 Å². The van der Waals surface area contributed by atoms with E-state index in [0.29, 0.717) is 6.42 Å². The van der Waals surface area contributed by atoms with Crippen LogP contribution in [-0.2, 0) is 10.3 Å². The molecule has 1 aliphatic heterocycles. The molecule has 0 radical (unpaired) electrons. The Labute approximate surface area is 89.1 Å². The molecule has 1 aliphatic rings. The van der Waals surface area contributed by atoms with Crippen LogP contribution >= 0.6 is 0 Å². The van der Waals surface area contributed by atoms with Crippen molar-refractivity contribution in [2.24, 2.45) is 0 Å². The van der Waals surface area contributed by atoms with Crippen LogP contribution in [0, 0.1) is 0 Å². The molecule has 0 aromatic heterocycles. The van der Waals surface area contributed by atoms with Crippen LogP contribution in [-0.4, -0.2) is 17.6 Å². The fourth-order valence-corrected chi connectivity index (χ4v) is 2.18. The molecule has 1 aromatic rings. The average molecular weight is 205 g/mol. The SMILES string of the molecule is O=C(O)[C@@]1(c2ccccc2)CCCCN1. The highest BCUT2D eigenvalue weighted by Gasteiger charge is 2.40. The molecule has 0 amide bonds. The van der Waals surface area contributed by atoms with Crippen molar-refractivity contribution in [2.45, 2.75) is 24.8 Å². The van der Waals surface area contributed by atoms with Gasteiger partial charge in [-0.1, -0.05) is 30.3 Å². The molecular formula is C12H15NO2. The van der Waals surface area contributed by atoms with Crippen molar-refractivity contribution in [2.75, 3.05) is 6.54 Å². The van der Waals surface area contributed by atoms with Gasteiger partial charge in [0.25, 0.3) is 0 Å². The van der Waals surface area contributed by atoms with Gasteiger partial charge in [0.2, 0.25) is 0 Å². The number of carbonyl (C=O) groups is 1. The quantitative estimate of drug-likeness (QED) is 0.773. The largest absolute Gasteiger partial charge is 0.480 e. The number of hydrogen-bond acceptors (Lipinski definition) is 2. The normalized spacial score (nSPS) is 26.1. The molecule has 80 valence electrons. The van der Waals surface area contributed by atoms with Gasteiger partial charge in [-0.3, -0.25) is 5.32 Å². The van der Waals surface area contributed by atoms with Gasteiger partial charge in [-0.2, -0.15) is 0 Å². The van der Waals surface area contributed by atoms with Crippen molar-refractivity contribution in [1.82, 2.24) is 5.32 Å². The van der Waals surface area contributed by atoms with Gasteiger partial charge in [0.15, 0.2) is 0 Å². The van der Waals surface area contributed by atoms with E-state index in [2.05, 4.69) is 5.32 Å². The number of rotatable bonds is 2. The summed E-state index contributed by atoms with van der Waals surface area (Å²) in [6.07, 6.45) is 2.70. The van der Waals surface area contributed by atoms with Crippen LogP contribution in [0.1, 0.15) is 24.8 Å². The van der Waals surface area contributed by atoms with E-state index in [9.17, 15) is 9.90 Å². The molecule has 1 heterocycles. The number of aliphatic carboxylic acids is 1. The molecule has 0 bridgehead atoms. The molecule has 2 N–H and O–H groups in total. The summed E-state index contributed by atoms with van der Waals surface area (Å²) in [4.78, 5) is 11.4. The third-order valence-electron chi connectivity index (χ3n) is 3.04. The number of carboxylic acid groups (broad SMARTS) is 1. The summed E-state index contributed by atoms with van der Waals surface area (Å²) in [5.74, 6) is -0.770. The smallest absolute Gasteiger partial charge is 0.328 e. The minimum atomic E-state index is -0.862. The lowest BCUT2D eigenvalue weighted by Gasteiger charge is -2.34. The average Bonchev–Trinajstić information content (AvgIpc) is 2.31. The molecule has 1 saturated heterocycles. The molecule has 1 fully saturated rings. The maximum absolute atomic E-state index is 11.4. The Balaban J connectivity index is 2.38.